The van der Waals surface area contributed by atoms with Gasteiger partial charge in [0.25, 0.3) is 0 Å². The van der Waals surface area contributed by atoms with Gasteiger partial charge in [-0.05, 0) is 49.7 Å². The van der Waals surface area contributed by atoms with Crippen LogP contribution in [0.15, 0.2) is 70.9 Å². The maximum Gasteiger partial charge on any atom is 0.240 e. The third-order valence-electron chi connectivity index (χ3n) is 5.44. The maximum atomic E-state index is 12.2. The summed E-state index contributed by atoms with van der Waals surface area (Å²) in [5.74, 6) is -0.261. The maximum absolute atomic E-state index is 12.2. The van der Waals surface area contributed by atoms with Gasteiger partial charge in [0.15, 0.2) is 0 Å². The van der Waals surface area contributed by atoms with Gasteiger partial charge in [-0.2, -0.15) is 10.2 Å². The third-order valence-corrected chi connectivity index (χ3v) is 5.44. The van der Waals surface area contributed by atoms with E-state index in [1.54, 1.807) is 0 Å². The van der Waals surface area contributed by atoms with Crippen LogP contribution in [0.2, 0.25) is 0 Å². The van der Waals surface area contributed by atoms with Crippen molar-refractivity contribution < 1.29 is 9.59 Å². The summed E-state index contributed by atoms with van der Waals surface area (Å²) in [6.07, 6.45) is 7.73. The van der Waals surface area contributed by atoms with Gasteiger partial charge in [0.2, 0.25) is 11.8 Å². The first kappa shape index (κ1) is 27.0. The Labute approximate surface area is 203 Å². The Morgan fingerprint density at radius 1 is 0.588 bits per heavy atom. The molecule has 0 aliphatic heterocycles. The molecule has 34 heavy (non-hydrogen) atoms. The summed E-state index contributed by atoms with van der Waals surface area (Å²) < 4.78 is 0. The molecule has 6 nitrogen and oxygen atoms in total. The SMILES string of the molecule is CCCCC(=NNC(=O)CCCCC(=O)NN=C(CCCC)c1ccccc1)c1ccccc1. The molecule has 0 fully saturated rings. The van der Waals surface area contributed by atoms with E-state index in [0.717, 1.165) is 61.1 Å². The molecule has 2 aromatic rings. The molecule has 0 aromatic heterocycles. The number of benzene rings is 2. The zero-order valence-corrected chi connectivity index (χ0v) is 20.6. The molecule has 0 unspecified atom stereocenters. The lowest BCUT2D eigenvalue weighted by molar-refractivity contribution is -0.123. The molecule has 0 saturated carbocycles. The molecule has 2 N–H and O–H groups in total. The number of carbonyl (C=O) groups is 2. The Hall–Kier alpha value is -3.28. The average molecular weight is 463 g/mol. The van der Waals surface area contributed by atoms with Crippen LogP contribution < -0.4 is 10.9 Å². The number of nitrogens with one attached hydrogen (secondary N) is 2. The van der Waals surface area contributed by atoms with Crippen LogP contribution >= 0.6 is 0 Å². The smallest absolute Gasteiger partial charge is 0.240 e. The number of hydrogen-bond donors (Lipinski definition) is 2. The molecule has 0 atom stereocenters. The molecule has 0 saturated heterocycles. The van der Waals surface area contributed by atoms with E-state index in [1.165, 1.54) is 0 Å². The highest BCUT2D eigenvalue weighted by molar-refractivity contribution is 6.01. The molecule has 2 amide bonds. The third kappa shape index (κ3) is 10.6. The van der Waals surface area contributed by atoms with Crippen molar-refractivity contribution >= 4 is 23.2 Å². The van der Waals surface area contributed by atoms with E-state index in [0.29, 0.717) is 25.7 Å². The zero-order valence-electron chi connectivity index (χ0n) is 20.6. The van der Waals surface area contributed by atoms with Gasteiger partial charge in [-0.3, -0.25) is 9.59 Å². The highest BCUT2D eigenvalue weighted by atomic mass is 16.2. The van der Waals surface area contributed by atoms with E-state index in [1.807, 2.05) is 60.7 Å². The van der Waals surface area contributed by atoms with Crippen molar-refractivity contribution in [2.75, 3.05) is 0 Å². The second-order valence-corrected chi connectivity index (χ2v) is 8.33. The molecule has 2 aromatic carbocycles. The van der Waals surface area contributed by atoms with Crippen LogP contribution in [-0.2, 0) is 9.59 Å². The Balaban J connectivity index is 1.76. The van der Waals surface area contributed by atoms with E-state index < -0.39 is 0 Å². The first-order valence-corrected chi connectivity index (χ1v) is 12.5. The topological polar surface area (TPSA) is 82.9 Å². The van der Waals surface area contributed by atoms with Gasteiger partial charge in [0.05, 0.1) is 11.4 Å². The van der Waals surface area contributed by atoms with E-state index in [9.17, 15) is 9.59 Å². The fourth-order valence-corrected chi connectivity index (χ4v) is 3.42. The molecule has 182 valence electrons. The lowest BCUT2D eigenvalue weighted by Gasteiger charge is -2.08. The molecule has 0 aliphatic carbocycles. The fraction of sp³-hybridized carbons (Fsp3) is 0.429. The highest BCUT2D eigenvalue weighted by Crippen LogP contribution is 2.09. The normalized spacial score (nSPS) is 11.8. The minimum atomic E-state index is -0.130. The summed E-state index contributed by atoms with van der Waals surface area (Å²) in [6, 6.07) is 19.9. The van der Waals surface area contributed by atoms with Gasteiger partial charge in [-0.1, -0.05) is 87.4 Å². The van der Waals surface area contributed by atoms with Crippen LogP contribution in [0.4, 0.5) is 0 Å². The first-order chi connectivity index (χ1) is 16.6. The summed E-state index contributed by atoms with van der Waals surface area (Å²) >= 11 is 0. The molecule has 0 radical (unpaired) electrons. The van der Waals surface area contributed by atoms with Crippen molar-refractivity contribution in [1.82, 2.24) is 10.9 Å². The number of hydrazone groups is 2. The number of unbranched alkanes of at least 4 members (excludes halogenated alkanes) is 3. The van der Waals surface area contributed by atoms with Crippen molar-refractivity contribution in [3.05, 3.63) is 71.8 Å². The van der Waals surface area contributed by atoms with Crippen molar-refractivity contribution in [3.8, 4) is 0 Å². The van der Waals surface area contributed by atoms with Crippen molar-refractivity contribution in [2.24, 2.45) is 10.2 Å². The molecule has 0 aliphatic rings. The Morgan fingerprint density at radius 2 is 0.971 bits per heavy atom. The van der Waals surface area contributed by atoms with E-state index in [-0.39, 0.29) is 11.8 Å². The summed E-state index contributed by atoms with van der Waals surface area (Å²) in [7, 11) is 0. The lowest BCUT2D eigenvalue weighted by Crippen LogP contribution is -2.21. The van der Waals surface area contributed by atoms with E-state index >= 15 is 0 Å². The number of nitrogens with zero attached hydrogens (tertiary/aromatic N) is 2. The Morgan fingerprint density at radius 3 is 1.32 bits per heavy atom. The molecule has 6 heteroatoms. The van der Waals surface area contributed by atoms with Crippen molar-refractivity contribution in [2.45, 2.75) is 78.1 Å². The molecule has 0 bridgehead atoms. The van der Waals surface area contributed by atoms with Gasteiger partial charge >= 0.3 is 0 Å². The second-order valence-electron chi connectivity index (χ2n) is 8.33. The largest absolute Gasteiger partial charge is 0.273 e. The van der Waals surface area contributed by atoms with Gasteiger partial charge in [-0.15, -0.1) is 0 Å². The summed E-state index contributed by atoms with van der Waals surface area (Å²) in [6.45, 7) is 4.27. The summed E-state index contributed by atoms with van der Waals surface area (Å²) in [5.41, 5.74) is 9.21. The standard InChI is InChI=1S/C28H38N4O2/c1-3-5-19-25(23-15-9-7-10-16-23)29-31-27(33)21-13-14-22-28(34)32-30-26(20-6-4-2)24-17-11-8-12-18-24/h7-12,15-18H,3-6,13-14,19-22H2,1-2H3,(H,31,33)(H,32,34). The van der Waals surface area contributed by atoms with Crippen LogP contribution in [0.5, 0.6) is 0 Å². The molecular formula is C28H38N4O2. The van der Waals surface area contributed by atoms with Crippen molar-refractivity contribution in [1.29, 1.82) is 0 Å². The lowest BCUT2D eigenvalue weighted by atomic mass is 10.1. The summed E-state index contributed by atoms with van der Waals surface area (Å²) in [5, 5.41) is 8.73. The van der Waals surface area contributed by atoms with Crippen LogP contribution in [0.25, 0.3) is 0 Å². The van der Waals surface area contributed by atoms with E-state index in [2.05, 4.69) is 34.9 Å². The second kappa shape index (κ2) is 16.4. The van der Waals surface area contributed by atoms with E-state index in [4.69, 9.17) is 0 Å². The number of carbonyl (C=O) groups excluding carboxylic acids is 2. The monoisotopic (exact) mass is 462 g/mol. The number of hydrogen-bond acceptors (Lipinski definition) is 4. The minimum absolute atomic E-state index is 0.130. The quantitative estimate of drug-likeness (QED) is 0.194. The van der Waals surface area contributed by atoms with Gasteiger partial charge < -0.3 is 0 Å². The van der Waals surface area contributed by atoms with Crippen LogP contribution in [0.1, 0.15) is 89.2 Å². The Kier molecular flexibility index (Phi) is 13.0. The number of rotatable bonds is 15. The molecule has 0 spiro atoms. The van der Waals surface area contributed by atoms with Crippen LogP contribution in [0.3, 0.4) is 0 Å². The fourth-order valence-electron chi connectivity index (χ4n) is 3.42. The van der Waals surface area contributed by atoms with Crippen LogP contribution in [0, 0.1) is 0 Å². The first-order valence-electron chi connectivity index (χ1n) is 12.5. The van der Waals surface area contributed by atoms with Crippen LogP contribution in [-0.4, -0.2) is 23.2 Å². The highest BCUT2D eigenvalue weighted by Gasteiger charge is 2.08. The van der Waals surface area contributed by atoms with Gasteiger partial charge in [0.1, 0.15) is 0 Å². The van der Waals surface area contributed by atoms with Crippen molar-refractivity contribution in [3.63, 3.8) is 0 Å². The molecule has 0 heterocycles. The molecular weight excluding hydrogens is 424 g/mol. The zero-order chi connectivity index (χ0) is 24.4. The average Bonchev–Trinajstić information content (AvgIpc) is 2.88. The minimum Gasteiger partial charge on any atom is -0.273 e. The van der Waals surface area contributed by atoms with Gasteiger partial charge in [-0.25, -0.2) is 10.9 Å². The summed E-state index contributed by atoms with van der Waals surface area (Å²) in [4.78, 5) is 24.5. The van der Waals surface area contributed by atoms with Gasteiger partial charge in [0, 0.05) is 12.8 Å². The predicted molar refractivity (Wildman–Crippen MR) is 140 cm³/mol. The predicted octanol–water partition coefficient (Wildman–Crippen LogP) is 5.97. The number of amides is 2. The molecule has 2 rings (SSSR count). The Bertz CT molecular complexity index is 846.